The number of carbonyl (C=O) groups excluding carboxylic acids is 1. The molecule has 1 aliphatic rings. The number of hydrogen-bond acceptors (Lipinski definition) is 5. The van der Waals surface area contributed by atoms with Crippen molar-refractivity contribution in [2.75, 3.05) is 27.3 Å². The van der Waals surface area contributed by atoms with Crippen molar-refractivity contribution in [1.82, 2.24) is 14.7 Å². The first-order valence-corrected chi connectivity index (χ1v) is 10.0. The number of likely N-dealkylation sites (tertiary alicyclic amines) is 1. The number of nitrogens with two attached hydrogens (primary N) is 1. The Bertz CT molecular complexity index is 1090. The third kappa shape index (κ3) is 6.32. The second kappa shape index (κ2) is 12.0. The van der Waals surface area contributed by atoms with E-state index in [9.17, 15) is 4.79 Å². The first-order chi connectivity index (χ1) is 15.5. The molecular formula is C24H25LiN5O3-. The molecule has 0 bridgehead atoms. The Hall–Kier alpha value is -3.39. The van der Waals surface area contributed by atoms with E-state index in [2.05, 4.69) is 34.7 Å². The molecule has 0 saturated carbocycles. The van der Waals surface area contributed by atoms with Gasteiger partial charge < -0.3 is 36.4 Å². The topological polar surface area (TPSA) is 95.0 Å². The van der Waals surface area contributed by atoms with Gasteiger partial charge >= 0.3 is 18.9 Å². The van der Waals surface area contributed by atoms with E-state index in [0.29, 0.717) is 41.4 Å². The summed E-state index contributed by atoms with van der Waals surface area (Å²) in [6, 6.07) is 5.29. The summed E-state index contributed by atoms with van der Waals surface area (Å²) in [5.74, 6) is 7.40. The number of nitrogens with zero attached hydrogens (tertiary/aromatic N) is 4. The molecule has 1 atom stereocenters. The van der Waals surface area contributed by atoms with Gasteiger partial charge in [0.25, 0.3) is 0 Å². The second-order valence-corrected chi connectivity index (χ2v) is 7.08. The normalized spacial score (nSPS) is 15.5. The number of aliphatic imine (C=N–C) groups is 1. The molecule has 166 valence electrons. The Balaban J connectivity index is 0.00000385. The molecule has 1 fully saturated rings. The maximum Gasteiger partial charge on any atom is 1.00 e. The second-order valence-electron chi connectivity index (χ2n) is 7.08. The molecule has 0 aliphatic carbocycles. The number of amidine groups is 1. The Morgan fingerprint density at radius 3 is 2.64 bits per heavy atom. The summed E-state index contributed by atoms with van der Waals surface area (Å²) in [6.07, 6.45) is 7.27. The van der Waals surface area contributed by atoms with Gasteiger partial charge in [0.1, 0.15) is 11.5 Å². The van der Waals surface area contributed by atoms with Crippen LogP contribution in [-0.4, -0.2) is 53.7 Å². The van der Waals surface area contributed by atoms with Crippen molar-refractivity contribution < 1.29 is 33.1 Å². The summed E-state index contributed by atoms with van der Waals surface area (Å²) in [5.41, 5.74) is 7.61. The van der Waals surface area contributed by atoms with E-state index in [-0.39, 0.29) is 36.6 Å². The maximum absolute atomic E-state index is 12.0. The Morgan fingerprint density at radius 2 is 2.03 bits per heavy atom. The van der Waals surface area contributed by atoms with Crippen molar-refractivity contribution >= 4 is 11.7 Å². The number of carbonyl (C=O) groups is 1. The van der Waals surface area contributed by atoms with Crippen molar-refractivity contribution in [3.8, 4) is 23.3 Å². The van der Waals surface area contributed by atoms with Gasteiger partial charge in [-0.1, -0.05) is 24.3 Å². The van der Waals surface area contributed by atoms with Gasteiger partial charge in [0, 0.05) is 36.2 Å². The van der Waals surface area contributed by atoms with Crippen LogP contribution in [0.25, 0.3) is 0 Å². The van der Waals surface area contributed by atoms with E-state index < -0.39 is 0 Å². The van der Waals surface area contributed by atoms with E-state index in [4.69, 9.17) is 21.8 Å². The number of benzene rings is 1. The van der Waals surface area contributed by atoms with E-state index >= 15 is 0 Å². The van der Waals surface area contributed by atoms with Gasteiger partial charge in [-0.2, -0.15) is 6.20 Å². The number of hydrogen-bond donors (Lipinski definition) is 1. The molecule has 33 heavy (non-hydrogen) atoms. The fraction of sp³-hybridized carbons (Fsp3) is 0.292. The molecule has 1 aromatic heterocycles. The van der Waals surface area contributed by atoms with Crippen LogP contribution in [0.1, 0.15) is 35.7 Å². The first kappa shape index (κ1) is 25.9. The zero-order valence-corrected chi connectivity index (χ0v) is 19.2. The molecule has 3 rings (SSSR count). The van der Waals surface area contributed by atoms with E-state index in [0.717, 1.165) is 19.0 Å². The summed E-state index contributed by atoms with van der Waals surface area (Å²) in [7, 11) is 3.15. The van der Waals surface area contributed by atoms with Crippen LogP contribution in [0.3, 0.4) is 0 Å². The largest absolute Gasteiger partial charge is 1.00 e. The number of methoxy groups -OCH3 is 2. The van der Waals surface area contributed by atoms with Crippen LogP contribution in [0, 0.1) is 24.6 Å². The summed E-state index contributed by atoms with van der Waals surface area (Å²) in [4.78, 5) is 17.7. The molecule has 1 amide bonds. The Morgan fingerprint density at radius 1 is 1.33 bits per heavy atom. The predicted molar refractivity (Wildman–Crippen MR) is 121 cm³/mol. The van der Waals surface area contributed by atoms with Crippen LogP contribution >= 0.6 is 0 Å². The average molecular weight is 438 g/mol. The Labute approximate surface area is 206 Å². The summed E-state index contributed by atoms with van der Waals surface area (Å²) in [5, 5.41) is 4.60. The molecule has 0 radical (unpaired) electrons. The zero-order valence-electron chi connectivity index (χ0n) is 19.2. The standard InChI is InChI=1S/C24H25N5O3.Li/c1-5-23(30)28-11-7-8-18(15-28)29-16-21(24(25)26-6-2)22(27-29)10-9-17-12-19(31-3)14-20(13-17)32-4;/h2,5-6,12-14,18H,1,7-8,11,15H2,3-4H3,(H2,25,26);/q-2;+1/t18-;/m0./s1. The minimum atomic E-state index is -0.104. The molecule has 9 heteroatoms. The van der Waals surface area contributed by atoms with Gasteiger partial charge in [-0.25, -0.2) is 5.10 Å². The van der Waals surface area contributed by atoms with Crippen molar-refractivity contribution in [3.05, 3.63) is 66.7 Å². The molecule has 0 spiro atoms. The van der Waals surface area contributed by atoms with E-state index in [1.807, 2.05) is 0 Å². The zero-order chi connectivity index (χ0) is 23.1. The fourth-order valence-corrected chi connectivity index (χ4v) is 3.43. The quantitative estimate of drug-likeness (QED) is 0.158. The smallest absolute Gasteiger partial charge is 0.497 e. The number of piperidine rings is 1. The summed E-state index contributed by atoms with van der Waals surface area (Å²) in [6.45, 7) is 10.2. The molecule has 8 nitrogen and oxygen atoms in total. The average Bonchev–Trinajstić information content (AvgIpc) is 3.26. The number of ether oxygens (including phenoxy) is 2. The monoisotopic (exact) mass is 438 g/mol. The van der Waals surface area contributed by atoms with Gasteiger partial charge in [-0.05, 0) is 31.1 Å². The summed E-state index contributed by atoms with van der Waals surface area (Å²) >= 11 is 0. The molecule has 1 saturated heterocycles. The minimum Gasteiger partial charge on any atom is -0.497 e. The molecule has 1 aromatic carbocycles. The molecule has 2 aromatic rings. The van der Waals surface area contributed by atoms with Crippen LogP contribution in [0.2, 0.25) is 0 Å². The first-order valence-electron chi connectivity index (χ1n) is 10.0. The third-order valence-electron chi connectivity index (χ3n) is 5.05. The van der Waals surface area contributed by atoms with Crippen LogP contribution in [0.15, 0.2) is 42.0 Å². The fourth-order valence-electron chi connectivity index (χ4n) is 3.43. The van der Waals surface area contributed by atoms with Crippen LogP contribution in [-0.2, 0) is 4.79 Å². The van der Waals surface area contributed by atoms with E-state index in [1.54, 1.807) is 42.0 Å². The SMILES string of the molecule is [CH-]=CN=C(N)c1[c-]n([C@H]2CCCN(C(=O)C=C)C2)nc1C#Cc1cc(OC)cc(OC)c1.[Li+]. The molecule has 2 N–H and O–H groups in total. The van der Waals surface area contributed by atoms with Gasteiger partial charge in [0.15, 0.2) is 0 Å². The van der Waals surface area contributed by atoms with Gasteiger partial charge in [-0.3, -0.25) is 4.79 Å². The molecule has 2 heterocycles. The molecule has 1 aliphatic heterocycles. The van der Waals surface area contributed by atoms with Gasteiger partial charge in [0.05, 0.1) is 20.3 Å². The van der Waals surface area contributed by atoms with Crippen LogP contribution in [0.5, 0.6) is 11.5 Å². The Kier molecular flexibility index (Phi) is 9.41. The predicted octanol–water partition coefficient (Wildman–Crippen LogP) is -0.894. The number of amides is 1. The van der Waals surface area contributed by atoms with Crippen molar-refractivity contribution in [2.45, 2.75) is 18.9 Å². The summed E-state index contributed by atoms with van der Waals surface area (Å²) < 4.78 is 12.3. The van der Waals surface area contributed by atoms with Crippen molar-refractivity contribution in [3.63, 3.8) is 0 Å². The van der Waals surface area contributed by atoms with Crippen molar-refractivity contribution in [2.24, 2.45) is 10.7 Å². The molecular weight excluding hydrogens is 413 g/mol. The van der Waals surface area contributed by atoms with Crippen molar-refractivity contribution in [1.29, 1.82) is 0 Å². The van der Waals surface area contributed by atoms with Gasteiger partial charge in [0.2, 0.25) is 5.91 Å². The minimum absolute atomic E-state index is 0. The maximum atomic E-state index is 12.0. The third-order valence-corrected chi connectivity index (χ3v) is 5.05. The number of aromatic nitrogens is 2. The number of rotatable bonds is 6. The van der Waals surface area contributed by atoms with Crippen LogP contribution in [0.4, 0.5) is 0 Å². The van der Waals surface area contributed by atoms with Crippen LogP contribution < -0.4 is 34.1 Å². The molecule has 0 unspecified atom stereocenters. The van der Waals surface area contributed by atoms with Gasteiger partial charge in [-0.15, -0.1) is 5.92 Å². The van der Waals surface area contributed by atoms with E-state index in [1.165, 1.54) is 6.08 Å².